The summed E-state index contributed by atoms with van der Waals surface area (Å²) in [6.07, 6.45) is 1.27. The molecule has 3 nitrogen and oxygen atoms in total. The molecule has 21 heavy (non-hydrogen) atoms. The number of carbonyl (C=O) groups excluding carboxylic acids is 1. The highest BCUT2D eigenvalue weighted by Crippen LogP contribution is 2.17. The van der Waals surface area contributed by atoms with Crippen LogP contribution in [0.4, 0.5) is 0 Å². The first-order chi connectivity index (χ1) is 9.78. The number of nitrogens with one attached hydrogen (secondary N) is 1. The van der Waals surface area contributed by atoms with E-state index in [-0.39, 0.29) is 11.4 Å². The zero-order valence-corrected chi connectivity index (χ0v) is 14.1. The molecule has 118 valence electrons. The topological polar surface area (TPSA) is 55.1 Å². The van der Waals surface area contributed by atoms with Gasteiger partial charge in [0.05, 0.1) is 5.54 Å². The molecule has 0 fully saturated rings. The van der Waals surface area contributed by atoms with Gasteiger partial charge < -0.3 is 11.1 Å². The van der Waals surface area contributed by atoms with Crippen molar-refractivity contribution >= 4 is 5.91 Å². The van der Waals surface area contributed by atoms with Crippen molar-refractivity contribution in [3.05, 3.63) is 35.4 Å². The van der Waals surface area contributed by atoms with Gasteiger partial charge in [-0.15, -0.1) is 0 Å². The van der Waals surface area contributed by atoms with Crippen molar-refractivity contribution in [2.45, 2.75) is 58.9 Å². The highest BCUT2D eigenvalue weighted by Gasteiger charge is 2.28. The zero-order valence-electron chi connectivity index (χ0n) is 14.1. The Bertz CT molecular complexity index is 451. The summed E-state index contributed by atoms with van der Waals surface area (Å²) in [7, 11) is 0. The van der Waals surface area contributed by atoms with E-state index in [1.807, 2.05) is 6.92 Å². The summed E-state index contributed by atoms with van der Waals surface area (Å²) in [5, 5.41) is 3.08. The predicted octanol–water partition coefficient (Wildman–Crippen LogP) is 3.23. The number of hydrogen-bond acceptors (Lipinski definition) is 2. The molecule has 0 radical (unpaired) electrons. The molecule has 0 aliphatic rings. The highest BCUT2D eigenvalue weighted by molar-refractivity contribution is 5.77. The molecule has 0 saturated carbocycles. The van der Waals surface area contributed by atoms with E-state index >= 15 is 0 Å². The smallest absolute Gasteiger partial charge is 0.220 e. The van der Waals surface area contributed by atoms with E-state index in [1.165, 1.54) is 11.1 Å². The first kappa shape index (κ1) is 17.7. The third-order valence-electron chi connectivity index (χ3n) is 4.41. The molecule has 0 aromatic heterocycles. The van der Waals surface area contributed by atoms with E-state index in [9.17, 15) is 4.79 Å². The van der Waals surface area contributed by atoms with Gasteiger partial charge in [-0.3, -0.25) is 4.79 Å². The SMILES string of the molecule is CC(C)c1ccc(CCC(=O)NC(C)(CN)C(C)C)cc1. The summed E-state index contributed by atoms with van der Waals surface area (Å²) in [5.41, 5.74) is 8.01. The summed E-state index contributed by atoms with van der Waals surface area (Å²) in [6, 6.07) is 8.53. The number of nitrogens with two attached hydrogens (primary N) is 1. The molecule has 3 N–H and O–H groups in total. The van der Waals surface area contributed by atoms with Gasteiger partial charge in [-0.25, -0.2) is 0 Å². The fourth-order valence-electron chi connectivity index (χ4n) is 2.14. The second kappa shape index (κ2) is 7.60. The lowest BCUT2D eigenvalue weighted by Crippen LogP contribution is -2.55. The van der Waals surface area contributed by atoms with Crippen molar-refractivity contribution in [2.75, 3.05) is 6.54 Å². The number of aryl methyl sites for hydroxylation is 1. The Morgan fingerprint density at radius 2 is 1.76 bits per heavy atom. The van der Waals surface area contributed by atoms with Crippen LogP contribution in [0.3, 0.4) is 0 Å². The van der Waals surface area contributed by atoms with Gasteiger partial charge in [-0.1, -0.05) is 52.0 Å². The maximum Gasteiger partial charge on any atom is 0.220 e. The quantitative estimate of drug-likeness (QED) is 0.810. The number of carbonyl (C=O) groups is 1. The van der Waals surface area contributed by atoms with Crippen LogP contribution < -0.4 is 11.1 Å². The summed E-state index contributed by atoms with van der Waals surface area (Å²) in [6.45, 7) is 11.0. The lowest BCUT2D eigenvalue weighted by Gasteiger charge is -2.33. The lowest BCUT2D eigenvalue weighted by atomic mass is 9.88. The molecule has 1 aromatic rings. The molecule has 1 rings (SSSR count). The summed E-state index contributed by atoms with van der Waals surface area (Å²) < 4.78 is 0. The van der Waals surface area contributed by atoms with Gasteiger partial charge >= 0.3 is 0 Å². The first-order valence-electron chi connectivity index (χ1n) is 7.88. The molecule has 0 aliphatic heterocycles. The Morgan fingerprint density at radius 1 is 1.19 bits per heavy atom. The van der Waals surface area contributed by atoms with Crippen LogP contribution in [0.2, 0.25) is 0 Å². The molecule has 0 saturated heterocycles. The number of hydrogen-bond donors (Lipinski definition) is 2. The summed E-state index contributed by atoms with van der Waals surface area (Å²) in [4.78, 5) is 12.1. The number of benzene rings is 1. The number of amides is 1. The third-order valence-corrected chi connectivity index (χ3v) is 4.41. The minimum Gasteiger partial charge on any atom is -0.349 e. The first-order valence-corrected chi connectivity index (χ1v) is 7.88. The molecule has 1 aromatic carbocycles. The second-order valence-corrected chi connectivity index (χ2v) is 6.72. The fourth-order valence-corrected chi connectivity index (χ4v) is 2.14. The Balaban J connectivity index is 2.53. The van der Waals surface area contributed by atoms with E-state index in [1.54, 1.807) is 0 Å². The third kappa shape index (κ3) is 5.16. The van der Waals surface area contributed by atoms with E-state index in [0.29, 0.717) is 24.8 Å². The van der Waals surface area contributed by atoms with Crippen molar-refractivity contribution < 1.29 is 4.79 Å². The minimum absolute atomic E-state index is 0.0737. The Labute approximate surface area is 129 Å². The lowest BCUT2D eigenvalue weighted by molar-refractivity contribution is -0.123. The van der Waals surface area contributed by atoms with E-state index in [4.69, 9.17) is 5.73 Å². The molecule has 0 heterocycles. The van der Waals surface area contributed by atoms with E-state index in [0.717, 1.165) is 6.42 Å². The summed E-state index contributed by atoms with van der Waals surface area (Å²) >= 11 is 0. The van der Waals surface area contributed by atoms with E-state index < -0.39 is 0 Å². The van der Waals surface area contributed by atoms with Gasteiger partial charge in [0.15, 0.2) is 0 Å². The minimum atomic E-state index is -0.321. The molecule has 3 heteroatoms. The van der Waals surface area contributed by atoms with Crippen molar-refractivity contribution in [1.82, 2.24) is 5.32 Å². The average molecular weight is 290 g/mol. The van der Waals surface area contributed by atoms with Crippen molar-refractivity contribution in [2.24, 2.45) is 11.7 Å². The Hall–Kier alpha value is -1.35. The van der Waals surface area contributed by atoms with Crippen molar-refractivity contribution in [3.8, 4) is 0 Å². The maximum atomic E-state index is 12.1. The normalized spacial score (nSPS) is 14.3. The van der Waals surface area contributed by atoms with Gasteiger partial charge in [-0.05, 0) is 36.3 Å². The van der Waals surface area contributed by atoms with Crippen LogP contribution in [-0.4, -0.2) is 18.0 Å². The summed E-state index contributed by atoms with van der Waals surface area (Å²) in [5.74, 6) is 0.931. The van der Waals surface area contributed by atoms with Gasteiger partial charge in [0.2, 0.25) is 5.91 Å². The van der Waals surface area contributed by atoms with Crippen LogP contribution in [-0.2, 0) is 11.2 Å². The second-order valence-electron chi connectivity index (χ2n) is 6.72. The van der Waals surface area contributed by atoms with Crippen LogP contribution in [0.1, 0.15) is 58.1 Å². The van der Waals surface area contributed by atoms with Crippen LogP contribution in [0, 0.1) is 5.92 Å². The molecular weight excluding hydrogens is 260 g/mol. The highest BCUT2D eigenvalue weighted by atomic mass is 16.1. The maximum absolute atomic E-state index is 12.1. The van der Waals surface area contributed by atoms with Crippen molar-refractivity contribution in [3.63, 3.8) is 0 Å². The largest absolute Gasteiger partial charge is 0.349 e. The molecule has 0 spiro atoms. The predicted molar refractivity (Wildman–Crippen MR) is 89.3 cm³/mol. The number of rotatable bonds is 7. The van der Waals surface area contributed by atoms with Crippen LogP contribution >= 0.6 is 0 Å². The Kier molecular flexibility index (Phi) is 6.41. The molecule has 1 unspecified atom stereocenters. The van der Waals surface area contributed by atoms with Crippen molar-refractivity contribution in [1.29, 1.82) is 0 Å². The molecule has 1 atom stereocenters. The molecular formula is C18H30N2O. The fraction of sp³-hybridized carbons (Fsp3) is 0.611. The monoisotopic (exact) mass is 290 g/mol. The average Bonchev–Trinajstić information content (AvgIpc) is 2.45. The molecule has 0 aliphatic carbocycles. The molecule has 0 bridgehead atoms. The Morgan fingerprint density at radius 3 is 2.19 bits per heavy atom. The van der Waals surface area contributed by atoms with Crippen LogP contribution in [0.25, 0.3) is 0 Å². The van der Waals surface area contributed by atoms with E-state index in [2.05, 4.69) is 57.3 Å². The van der Waals surface area contributed by atoms with Gasteiger partial charge in [0, 0.05) is 13.0 Å². The standard InChI is InChI=1S/C18H30N2O/c1-13(2)16-9-6-15(7-10-16)8-11-17(21)20-18(5,12-19)14(3)4/h6-7,9-10,13-14H,8,11-12,19H2,1-5H3,(H,20,21). The van der Waals surface area contributed by atoms with Gasteiger partial charge in [0.25, 0.3) is 0 Å². The zero-order chi connectivity index (χ0) is 16.0. The van der Waals surface area contributed by atoms with Crippen LogP contribution in [0.5, 0.6) is 0 Å². The molecule has 1 amide bonds. The van der Waals surface area contributed by atoms with Gasteiger partial charge in [-0.2, -0.15) is 0 Å². The van der Waals surface area contributed by atoms with Crippen LogP contribution in [0.15, 0.2) is 24.3 Å². The van der Waals surface area contributed by atoms with Gasteiger partial charge in [0.1, 0.15) is 0 Å².